The van der Waals surface area contributed by atoms with Gasteiger partial charge in [-0.15, -0.1) is 0 Å². The third-order valence-electron chi connectivity index (χ3n) is 11.1. The fraction of sp³-hybridized carbons (Fsp3) is 0.383. The summed E-state index contributed by atoms with van der Waals surface area (Å²) >= 11 is 6.87. The van der Waals surface area contributed by atoms with Gasteiger partial charge in [-0.25, -0.2) is 0 Å². The lowest BCUT2D eigenvalue weighted by Gasteiger charge is -2.42. The van der Waals surface area contributed by atoms with Crippen molar-refractivity contribution in [2.24, 2.45) is 5.92 Å². The number of amides is 4. The van der Waals surface area contributed by atoms with Crippen molar-refractivity contribution < 1.29 is 41.9 Å². The Morgan fingerprint density at radius 2 is 1.33 bits per heavy atom. The standard InChI is InChI=1S/C47H52ClF3N4O6/c1-31(2)40(53(6)43(59)45(4,5)55(44(60)47(49,50)51)30-33-17-9-7-10-18-33)41(57)52-38(42(58)54-27-15-16-28-54)29-39(56)61-46(34-19-11-8-12-20-34,35-25-23-32(3)24-26-35)36-21-13-14-22-37(36)48/h7-14,17-26,31,38,40H,15-16,27-30H2,1-6H3,(H,52,57)/t38-,40-,46?/m0/s1. The summed E-state index contributed by atoms with van der Waals surface area (Å²) in [7, 11) is 1.26. The fourth-order valence-electron chi connectivity index (χ4n) is 7.89. The molecule has 0 radical (unpaired) electrons. The van der Waals surface area contributed by atoms with E-state index in [4.69, 9.17) is 16.3 Å². The van der Waals surface area contributed by atoms with Crippen LogP contribution < -0.4 is 5.32 Å². The van der Waals surface area contributed by atoms with Crippen LogP contribution in [0.25, 0.3) is 0 Å². The maximum absolute atomic E-state index is 14.5. The molecule has 0 bridgehead atoms. The Morgan fingerprint density at radius 1 is 0.787 bits per heavy atom. The molecular formula is C47H52ClF3N4O6. The van der Waals surface area contributed by atoms with Crippen molar-refractivity contribution in [1.29, 1.82) is 0 Å². The maximum Gasteiger partial charge on any atom is 0.471 e. The van der Waals surface area contributed by atoms with Gasteiger partial charge in [0.25, 0.3) is 0 Å². The lowest BCUT2D eigenvalue weighted by atomic mass is 9.79. The van der Waals surface area contributed by atoms with Gasteiger partial charge in [-0.2, -0.15) is 13.2 Å². The van der Waals surface area contributed by atoms with E-state index in [1.807, 2.05) is 37.3 Å². The van der Waals surface area contributed by atoms with E-state index >= 15 is 0 Å². The Morgan fingerprint density at radius 3 is 1.89 bits per heavy atom. The first-order chi connectivity index (χ1) is 28.8. The van der Waals surface area contributed by atoms with Crippen molar-refractivity contribution in [3.05, 3.63) is 142 Å². The molecule has 4 aromatic rings. The zero-order valence-corrected chi connectivity index (χ0v) is 35.9. The minimum Gasteiger partial charge on any atom is -0.444 e. The molecule has 1 aliphatic rings. The van der Waals surface area contributed by atoms with Crippen LogP contribution in [0.4, 0.5) is 13.2 Å². The van der Waals surface area contributed by atoms with Crippen molar-refractivity contribution in [3.63, 3.8) is 0 Å². The molecule has 0 aliphatic carbocycles. The van der Waals surface area contributed by atoms with Gasteiger partial charge in [0.1, 0.15) is 17.6 Å². The largest absolute Gasteiger partial charge is 0.471 e. The lowest BCUT2D eigenvalue weighted by Crippen LogP contribution is -2.63. The molecule has 1 fully saturated rings. The van der Waals surface area contributed by atoms with Gasteiger partial charge in [-0.1, -0.05) is 134 Å². The molecule has 4 amide bonds. The summed E-state index contributed by atoms with van der Waals surface area (Å²) in [4.78, 5) is 73.4. The highest BCUT2D eigenvalue weighted by Gasteiger charge is 2.51. The number of hydrogen-bond acceptors (Lipinski definition) is 6. The van der Waals surface area contributed by atoms with E-state index in [1.54, 1.807) is 85.5 Å². The number of nitrogens with zero attached hydrogens (tertiary/aromatic N) is 3. The van der Waals surface area contributed by atoms with Gasteiger partial charge in [-0.3, -0.25) is 24.0 Å². The number of hydrogen-bond donors (Lipinski definition) is 1. The lowest BCUT2D eigenvalue weighted by molar-refractivity contribution is -0.194. The average molecular weight is 861 g/mol. The van der Waals surface area contributed by atoms with Crippen LogP contribution in [0.15, 0.2) is 109 Å². The van der Waals surface area contributed by atoms with E-state index in [-0.39, 0.29) is 0 Å². The molecular weight excluding hydrogens is 809 g/mol. The molecule has 14 heteroatoms. The molecule has 5 rings (SSSR count). The van der Waals surface area contributed by atoms with Gasteiger partial charge in [0.05, 0.1) is 6.42 Å². The number of rotatable bonds is 15. The summed E-state index contributed by atoms with van der Waals surface area (Å²) in [6.07, 6.45) is -4.50. The van der Waals surface area contributed by atoms with Crippen molar-refractivity contribution in [1.82, 2.24) is 20.0 Å². The first kappa shape index (κ1) is 46.4. The zero-order valence-electron chi connectivity index (χ0n) is 35.2. The smallest absolute Gasteiger partial charge is 0.444 e. The van der Waals surface area contributed by atoms with Crippen LogP contribution in [0.2, 0.25) is 5.02 Å². The van der Waals surface area contributed by atoms with Crippen molar-refractivity contribution >= 4 is 41.2 Å². The van der Waals surface area contributed by atoms with Gasteiger partial charge in [0.2, 0.25) is 17.7 Å². The van der Waals surface area contributed by atoms with E-state index < -0.39 is 77.9 Å². The van der Waals surface area contributed by atoms with Gasteiger partial charge in [0, 0.05) is 48.4 Å². The Kier molecular flexibility index (Phi) is 14.7. The first-order valence-electron chi connectivity index (χ1n) is 20.2. The molecule has 1 N–H and O–H groups in total. The molecule has 0 spiro atoms. The second kappa shape index (κ2) is 19.4. The van der Waals surface area contributed by atoms with E-state index in [1.165, 1.54) is 33.0 Å². The predicted octanol–water partition coefficient (Wildman–Crippen LogP) is 7.83. The van der Waals surface area contributed by atoms with E-state index in [2.05, 4.69) is 5.32 Å². The third-order valence-corrected chi connectivity index (χ3v) is 11.4. The topological polar surface area (TPSA) is 116 Å². The van der Waals surface area contributed by atoms with Gasteiger partial charge < -0.3 is 24.8 Å². The number of nitrogens with one attached hydrogen (secondary N) is 1. The first-order valence-corrected chi connectivity index (χ1v) is 20.6. The van der Waals surface area contributed by atoms with Crippen molar-refractivity contribution in [3.8, 4) is 0 Å². The van der Waals surface area contributed by atoms with Crippen LogP contribution in [0, 0.1) is 12.8 Å². The fourth-order valence-corrected chi connectivity index (χ4v) is 8.16. The van der Waals surface area contributed by atoms with E-state index in [0.717, 1.165) is 10.5 Å². The quantitative estimate of drug-likeness (QED) is 0.0963. The number of ether oxygens (including phenoxy) is 1. The van der Waals surface area contributed by atoms with Crippen LogP contribution in [0.1, 0.15) is 74.8 Å². The Balaban J connectivity index is 1.49. The second-order valence-electron chi connectivity index (χ2n) is 16.2. The Bertz CT molecular complexity index is 2180. The number of carbonyl (C=O) groups is 5. The minimum atomic E-state index is -5.30. The highest BCUT2D eigenvalue weighted by molar-refractivity contribution is 6.31. The SMILES string of the molecule is Cc1ccc(C(OC(=O)C[C@H](NC(=O)[C@H](C(C)C)N(C)C(=O)C(C)(C)N(Cc2ccccc2)C(=O)C(F)(F)F)C(=O)N2CCCC2)(c2ccccc2)c2ccccc2Cl)cc1. The second-order valence-corrected chi connectivity index (χ2v) is 16.6. The van der Waals surface area contributed by atoms with Gasteiger partial charge in [-0.05, 0) is 51.2 Å². The molecule has 61 heavy (non-hydrogen) atoms. The minimum absolute atomic E-state index is 0.312. The van der Waals surface area contributed by atoms with Crippen molar-refractivity contribution in [2.75, 3.05) is 20.1 Å². The molecule has 1 heterocycles. The Labute approximate surface area is 360 Å². The number of likely N-dealkylation sites (N-methyl/N-ethyl adjacent to an activating group) is 1. The Hall–Kier alpha value is -5.69. The van der Waals surface area contributed by atoms with Crippen LogP contribution >= 0.6 is 11.6 Å². The molecule has 324 valence electrons. The number of benzene rings is 4. The molecule has 1 saturated heterocycles. The van der Waals surface area contributed by atoms with Gasteiger partial charge >= 0.3 is 18.1 Å². The number of esters is 1. The summed E-state index contributed by atoms with van der Waals surface area (Å²) in [5, 5.41) is 3.03. The molecule has 1 aliphatic heterocycles. The van der Waals surface area contributed by atoms with Crippen LogP contribution in [-0.2, 0) is 40.9 Å². The highest BCUT2D eigenvalue weighted by atomic mass is 35.5. The van der Waals surface area contributed by atoms with E-state index in [9.17, 15) is 37.1 Å². The van der Waals surface area contributed by atoms with Crippen LogP contribution in [0.5, 0.6) is 0 Å². The zero-order chi connectivity index (χ0) is 44.7. The number of alkyl halides is 3. The van der Waals surface area contributed by atoms with E-state index in [0.29, 0.717) is 58.1 Å². The number of aryl methyl sites for hydroxylation is 1. The molecule has 0 saturated carbocycles. The maximum atomic E-state index is 14.5. The summed E-state index contributed by atoms with van der Waals surface area (Å²) in [6, 6.07) is 28.5. The predicted molar refractivity (Wildman–Crippen MR) is 226 cm³/mol. The summed E-state index contributed by atoms with van der Waals surface area (Å²) in [5.74, 6) is -6.05. The normalized spacial score (nSPS) is 15.0. The monoisotopic (exact) mass is 860 g/mol. The molecule has 3 atom stereocenters. The number of halogens is 4. The summed E-state index contributed by atoms with van der Waals surface area (Å²) in [6.45, 7) is 7.81. The average Bonchev–Trinajstić information content (AvgIpc) is 3.77. The third kappa shape index (κ3) is 10.4. The highest BCUT2D eigenvalue weighted by Crippen LogP contribution is 2.44. The van der Waals surface area contributed by atoms with Crippen LogP contribution in [-0.4, -0.2) is 88.2 Å². The molecule has 0 aromatic heterocycles. The summed E-state index contributed by atoms with van der Waals surface area (Å²) in [5.41, 5.74) is -0.797. The summed E-state index contributed by atoms with van der Waals surface area (Å²) < 4.78 is 48.7. The number of carbonyl (C=O) groups excluding carboxylic acids is 5. The molecule has 1 unspecified atom stereocenters. The van der Waals surface area contributed by atoms with Gasteiger partial charge in [0.15, 0.2) is 5.60 Å². The number of likely N-dealkylation sites (tertiary alicyclic amines) is 1. The van der Waals surface area contributed by atoms with Crippen LogP contribution in [0.3, 0.4) is 0 Å². The molecule has 10 nitrogen and oxygen atoms in total. The molecule has 4 aromatic carbocycles. The van der Waals surface area contributed by atoms with Crippen molar-refractivity contribution in [2.45, 2.75) is 89.8 Å².